The zero-order chi connectivity index (χ0) is 21.9. The Balaban J connectivity index is 0.000000318. The number of nitriles is 1. The van der Waals surface area contributed by atoms with Crippen molar-refractivity contribution in [2.45, 2.75) is 56.9 Å². The maximum absolute atomic E-state index is 12.3. The number of amides is 1. The Kier molecular flexibility index (Phi) is 6.66. The van der Waals surface area contributed by atoms with Gasteiger partial charge in [-0.25, -0.2) is 4.79 Å². The van der Waals surface area contributed by atoms with Crippen molar-refractivity contribution < 1.29 is 27.9 Å². The molecule has 0 aromatic heterocycles. The fourth-order valence-corrected chi connectivity index (χ4v) is 4.22. The maximum Gasteiger partial charge on any atom is 0.490 e. The van der Waals surface area contributed by atoms with E-state index in [-0.39, 0.29) is 0 Å². The maximum atomic E-state index is 12.3. The lowest BCUT2D eigenvalue weighted by atomic mass is 9.95. The molecular weight excluding hydrogens is 399 g/mol. The van der Waals surface area contributed by atoms with E-state index in [0.29, 0.717) is 24.4 Å². The van der Waals surface area contributed by atoms with Crippen molar-refractivity contribution in [2.75, 3.05) is 13.1 Å². The Labute approximate surface area is 172 Å². The summed E-state index contributed by atoms with van der Waals surface area (Å²) in [7, 11) is 0. The number of carbonyl (C=O) groups excluding carboxylic acids is 1. The number of likely N-dealkylation sites (tertiary alicyclic amines) is 2. The predicted molar refractivity (Wildman–Crippen MR) is 101 cm³/mol. The van der Waals surface area contributed by atoms with Gasteiger partial charge in [0.25, 0.3) is 0 Å². The van der Waals surface area contributed by atoms with E-state index in [1.807, 2.05) is 18.2 Å². The van der Waals surface area contributed by atoms with Crippen LogP contribution in [-0.2, 0) is 16.1 Å². The molecule has 1 N–H and O–H groups in total. The van der Waals surface area contributed by atoms with E-state index in [4.69, 9.17) is 15.2 Å². The minimum absolute atomic E-state index is 0.367. The number of piperidine rings is 1. The molecule has 1 saturated carbocycles. The number of hydrogen-bond donors (Lipinski definition) is 1. The van der Waals surface area contributed by atoms with Gasteiger partial charge in [0.15, 0.2) is 0 Å². The van der Waals surface area contributed by atoms with Crippen LogP contribution in [0.1, 0.15) is 43.2 Å². The number of fused-ring (bicyclic) bond motifs is 1. The van der Waals surface area contributed by atoms with Gasteiger partial charge < -0.3 is 10.0 Å². The normalized spacial score (nSPS) is 23.9. The van der Waals surface area contributed by atoms with Crippen LogP contribution in [0.2, 0.25) is 0 Å². The molecule has 1 amide bonds. The molecule has 2 atom stereocenters. The van der Waals surface area contributed by atoms with Gasteiger partial charge in [-0.2, -0.15) is 18.4 Å². The first-order chi connectivity index (χ1) is 14.2. The van der Waals surface area contributed by atoms with E-state index in [1.54, 1.807) is 0 Å². The second kappa shape index (κ2) is 9.04. The summed E-state index contributed by atoms with van der Waals surface area (Å²) in [5, 5.41) is 16.2. The lowest BCUT2D eigenvalue weighted by Crippen LogP contribution is -2.52. The Morgan fingerprint density at radius 1 is 1.20 bits per heavy atom. The van der Waals surface area contributed by atoms with Gasteiger partial charge in [-0.1, -0.05) is 12.1 Å². The highest BCUT2D eigenvalue weighted by Crippen LogP contribution is 2.37. The van der Waals surface area contributed by atoms with Crippen LogP contribution in [0.3, 0.4) is 0 Å². The molecule has 0 unspecified atom stereocenters. The molecule has 0 spiro atoms. The fraction of sp³-hybridized carbons (Fsp3) is 0.571. The first-order valence-electron chi connectivity index (χ1n) is 10.0. The molecule has 162 valence electrons. The van der Waals surface area contributed by atoms with Crippen LogP contribution in [0.25, 0.3) is 0 Å². The van der Waals surface area contributed by atoms with E-state index in [1.165, 1.54) is 18.4 Å². The molecule has 1 aliphatic carbocycles. The molecule has 4 rings (SSSR count). The van der Waals surface area contributed by atoms with Gasteiger partial charge in [0.2, 0.25) is 5.91 Å². The van der Waals surface area contributed by atoms with Gasteiger partial charge in [-0.3, -0.25) is 9.69 Å². The molecule has 0 bridgehead atoms. The van der Waals surface area contributed by atoms with Gasteiger partial charge in [-0.05, 0) is 49.3 Å². The molecule has 2 aliphatic heterocycles. The minimum atomic E-state index is -5.08. The summed E-state index contributed by atoms with van der Waals surface area (Å²) >= 11 is 0. The summed E-state index contributed by atoms with van der Waals surface area (Å²) in [6.45, 7) is 2.93. The fourth-order valence-electron chi connectivity index (χ4n) is 4.22. The monoisotopic (exact) mass is 423 g/mol. The van der Waals surface area contributed by atoms with Crippen molar-refractivity contribution in [3.8, 4) is 6.07 Å². The summed E-state index contributed by atoms with van der Waals surface area (Å²) in [6.07, 6.45) is 0.296. The molecule has 3 fully saturated rings. The Bertz CT molecular complexity index is 833. The molecule has 30 heavy (non-hydrogen) atoms. The largest absolute Gasteiger partial charge is 0.490 e. The highest BCUT2D eigenvalue weighted by Gasteiger charge is 2.44. The molecule has 0 radical (unpaired) electrons. The number of alkyl halides is 3. The highest BCUT2D eigenvalue weighted by molar-refractivity contribution is 5.77. The lowest BCUT2D eigenvalue weighted by Gasteiger charge is -2.40. The number of halogens is 3. The zero-order valence-corrected chi connectivity index (χ0v) is 16.4. The number of benzene rings is 1. The molecule has 2 saturated heterocycles. The van der Waals surface area contributed by atoms with Crippen LogP contribution in [0.4, 0.5) is 13.2 Å². The first kappa shape index (κ1) is 22.1. The Morgan fingerprint density at radius 2 is 1.90 bits per heavy atom. The van der Waals surface area contributed by atoms with E-state index >= 15 is 0 Å². The molecule has 9 heteroatoms. The second-order valence-electron chi connectivity index (χ2n) is 8.04. The summed E-state index contributed by atoms with van der Waals surface area (Å²) in [6, 6.07) is 11.0. The van der Waals surface area contributed by atoms with Gasteiger partial charge in [-0.15, -0.1) is 0 Å². The van der Waals surface area contributed by atoms with Crippen molar-refractivity contribution in [1.82, 2.24) is 9.80 Å². The Hall–Kier alpha value is -2.60. The smallest absolute Gasteiger partial charge is 0.475 e. The molecular formula is C21H24F3N3O3. The number of aliphatic carboxylic acids is 1. The predicted octanol–water partition coefficient (Wildman–Crippen LogP) is 3.17. The SMILES string of the molecule is N#Cc1cccc(CN2CC[C@H]3[C@@H]2CCC(=O)N3CC2CC2)c1.O=C(O)C(F)(F)F. The van der Waals surface area contributed by atoms with E-state index < -0.39 is 12.1 Å². The average Bonchev–Trinajstić information content (AvgIpc) is 3.43. The number of carboxylic acid groups (broad SMARTS) is 1. The van der Waals surface area contributed by atoms with E-state index in [2.05, 4.69) is 21.9 Å². The van der Waals surface area contributed by atoms with Crippen LogP contribution in [0.5, 0.6) is 0 Å². The van der Waals surface area contributed by atoms with Crippen molar-refractivity contribution in [3.63, 3.8) is 0 Å². The number of carbonyl (C=O) groups is 2. The minimum Gasteiger partial charge on any atom is -0.475 e. The van der Waals surface area contributed by atoms with Crippen molar-refractivity contribution >= 4 is 11.9 Å². The zero-order valence-electron chi connectivity index (χ0n) is 16.4. The third kappa shape index (κ3) is 5.51. The molecule has 3 aliphatic rings. The summed E-state index contributed by atoms with van der Waals surface area (Å²) in [5.41, 5.74) is 1.93. The standard InChI is InChI=1S/C19H23N3O.C2HF3O2/c20-11-15-2-1-3-16(10-15)12-21-9-8-18-17(21)6-7-19(23)22(18)13-14-4-5-14;3-2(4,5)1(6)7/h1-3,10,14,17-18H,4-9,12-13H2;(H,6,7)/t17-,18-;/m0./s1. The molecule has 6 nitrogen and oxygen atoms in total. The van der Waals surface area contributed by atoms with Crippen molar-refractivity contribution in [1.29, 1.82) is 5.26 Å². The number of rotatable bonds is 4. The number of nitrogens with zero attached hydrogens (tertiary/aromatic N) is 3. The molecule has 1 aromatic rings. The van der Waals surface area contributed by atoms with Crippen LogP contribution in [0, 0.1) is 17.2 Å². The van der Waals surface area contributed by atoms with Crippen LogP contribution in [0.15, 0.2) is 24.3 Å². The lowest BCUT2D eigenvalue weighted by molar-refractivity contribution is -0.192. The van der Waals surface area contributed by atoms with Crippen LogP contribution in [-0.4, -0.2) is 58.1 Å². The summed E-state index contributed by atoms with van der Waals surface area (Å²) in [4.78, 5) is 25.9. The number of hydrogen-bond acceptors (Lipinski definition) is 4. The highest BCUT2D eigenvalue weighted by atomic mass is 19.4. The molecule has 2 heterocycles. The summed E-state index contributed by atoms with van der Waals surface area (Å²) < 4.78 is 31.7. The Morgan fingerprint density at radius 3 is 2.50 bits per heavy atom. The van der Waals surface area contributed by atoms with Crippen molar-refractivity contribution in [3.05, 3.63) is 35.4 Å². The number of carboxylic acids is 1. The topological polar surface area (TPSA) is 84.6 Å². The van der Waals surface area contributed by atoms with E-state index in [9.17, 15) is 18.0 Å². The quantitative estimate of drug-likeness (QED) is 0.804. The van der Waals surface area contributed by atoms with Gasteiger partial charge in [0.05, 0.1) is 11.6 Å². The third-order valence-electron chi connectivity index (χ3n) is 5.84. The summed E-state index contributed by atoms with van der Waals surface area (Å²) in [5.74, 6) is -1.63. The third-order valence-corrected chi connectivity index (χ3v) is 5.84. The second-order valence-corrected chi connectivity index (χ2v) is 8.04. The van der Waals surface area contributed by atoms with Crippen LogP contribution >= 0.6 is 0 Å². The average molecular weight is 423 g/mol. The van der Waals surface area contributed by atoms with Gasteiger partial charge in [0.1, 0.15) is 0 Å². The van der Waals surface area contributed by atoms with E-state index in [0.717, 1.165) is 44.0 Å². The molecule has 1 aromatic carbocycles. The van der Waals surface area contributed by atoms with Crippen LogP contribution < -0.4 is 0 Å². The van der Waals surface area contributed by atoms with Gasteiger partial charge >= 0.3 is 12.1 Å². The van der Waals surface area contributed by atoms with Gasteiger partial charge in [0, 0.05) is 38.1 Å². The first-order valence-corrected chi connectivity index (χ1v) is 10.0. The van der Waals surface area contributed by atoms with Crippen molar-refractivity contribution in [2.24, 2.45) is 5.92 Å².